The second-order valence-electron chi connectivity index (χ2n) is 5.50. The minimum atomic E-state index is 0.0675. The fraction of sp³-hybridized carbons (Fsp3) is 0.600. The van der Waals surface area contributed by atoms with Gasteiger partial charge in [0.25, 0.3) is 0 Å². The number of aromatic nitrogens is 1. The predicted molar refractivity (Wildman–Crippen MR) is 81.4 cm³/mol. The van der Waals surface area contributed by atoms with E-state index in [1.807, 2.05) is 19.1 Å². The van der Waals surface area contributed by atoms with Gasteiger partial charge in [-0.05, 0) is 44.7 Å². The molecule has 1 atom stereocenters. The number of nitrogens with one attached hydrogen (secondary N) is 1. The Morgan fingerprint density at radius 3 is 2.80 bits per heavy atom. The highest BCUT2D eigenvalue weighted by Gasteiger charge is 2.33. The summed E-state index contributed by atoms with van der Waals surface area (Å²) in [5, 5.41) is 7.76. The molecular weight excluding hydrogens is 252 g/mol. The molecule has 1 fully saturated rings. The highest BCUT2D eigenvalue weighted by molar-refractivity contribution is 5.99. The number of methoxy groups -OCH3 is 1. The molecule has 5 nitrogen and oxygen atoms in total. The maximum atomic E-state index is 7.76. The van der Waals surface area contributed by atoms with E-state index >= 15 is 0 Å². The van der Waals surface area contributed by atoms with Crippen molar-refractivity contribution < 1.29 is 4.74 Å². The summed E-state index contributed by atoms with van der Waals surface area (Å²) < 4.78 is 5.22. The van der Waals surface area contributed by atoms with Gasteiger partial charge < -0.3 is 15.4 Å². The van der Waals surface area contributed by atoms with E-state index in [0.717, 1.165) is 18.1 Å². The van der Waals surface area contributed by atoms with Crippen molar-refractivity contribution in [2.24, 2.45) is 11.7 Å². The van der Waals surface area contributed by atoms with E-state index in [1.165, 1.54) is 12.8 Å². The van der Waals surface area contributed by atoms with Crippen LogP contribution in [0.3, 0.4) is 0 Å². The van der Waals surface area contributed by atoms with Crippen LogP contribution in [0.15, 0.2) is 12.1 Å². The fourth-order valence-electron chi connectivity index (χ4n) is 2.50. The number of rotatable bonds is 7. The molecule has 1 aliphatic carbocycles. The highest BCUT2D eigenvalue weighted by atomic mass is 16.5. The molecule has 110 valence electrons. The molecule has 1 aliphatic rings. The van der Waals surface area contributed by atoms with Crippen molar-refractivity contribution >= 4 is 11.7 Å². The van der Waals surface area contributed by atoms with Crippen molar-refractivity contribution in [1.29, 1.82) is 5.41 Å². The average Bonchev–Trinajstić information content (AvgIpc) is 3.23. The van der Waals surface area contributed by atoms with Crippen LogP contribution in [0.1, 0.15) is 31.0 Å². The van der Waals surface area contributed by atoms with Gasteiger partial charge in [-0.1, -0.05) is 0 Å². The van der Waals surface area contributed by atoms with Gasteiger partial charge in [0.1, 0.15) is 11.7 Å². The topological polar surface area (TPSA) is 75.2 Å². The lowest BCUT2D eigenvalue weighted by Gasteiger charge is -2.32. The third-order valence-electron chi connectivity index (χ3n) is 3.91. The molecule has 0 saturated heterocycles. The summed E-state index contributed by atoms with van der Waals surface area (Å²) in [5.74, 6) is 1.60. The first-order valence-corrected chi connectivity index (χ1v) is 7.12. The molecule has 0 aliphatic heterocycles. The average molecular weight is 276 g/mol. The van der Waals surface area contributed by atoms with E-state index in [0.29, 0.717) is 24.1 Å². The Balaban J connectivity index is 2.35. The van der Waals surface area contributed by atoms with Gasteiger partial charge in [0, 0.05) is 25.4 Å². The largest absolute Gasteiger partial charge is 0.384 e. The lowest BCUT2D eigenvalue weighted by molar-refractivity contribution is 0.202. The van der Waals surface area contributed by atoms with Gasteiger partial charge in [-0.15, -0.1) is 0 Å². The van der Waals surface area contributed by atoms with Crippen LogP contribution in [0.5, 0.6) is 0 Å². The first-order valence-electron chi connectivity index (χ1n) is 7.12. The first kappa shape index (κ1) is 14.8. The number of amidine groups is 1. The summed E-state index contributed by atoms with van der Waals surface area (Å²) >= 11 is 0. The van der Waals surface area contributed by atoms with Gasteiger partial charge in [-0.25, -0.2) is 4.98 Å². The molecule has 1 saturated carbocycles. The third-order valence-corrected chi connectivity index (χ3v) is 3.91. The van der Waals surface area contributed by atoms with Crippen molar-refractivity contribution in [3.8, 4) is 0 Å². The standard InChI is InChI=1S/C15H24N4O/c1-10-4-7-13(14(16)17)15(18-10)19(8-9-20-3)11(2)12-5-6-12/h4,7,11-12H,5-6,8-9H2,1-3H3,(H3,16,17). The fourth-order valence-corrected chi connectivity index (χ4v) is 2.50. The molecule has 1 heterocycles. The normalized spacial score (nSPS) is 15.9. The zero-order chi connectivity index (χ0) is 14.7. The number of ether oxygens (including phenoxy) is 1. The van der Waals surface area contributed by atoms with E-state index < -0.39 is 0 Å². The van der Waals surface area contributed by atoms with Crippen molar-refractivity contribution in [1.82, 2.24) is 4.98 Å². The Kier molecular flexibility index (Phi) is 4.60. The second kappa shape index (κ2) is 6.22. The van der Waals surface area contributed by atoms with Crippen LogP contribution in [0.25, 0.3) is 0 Å². The van der Waals surface area contributed by atoms with Crippen molar-refractivity contribution in [2.75, 3.05) is 25.2 Å². The van der Waals surface area contributed by atoms with E-state index in [2.05, 4.69) is 16.8 Å². The number of nitrogens with zero attached hydrogens (tertiary/aromatic N) is 2. The minimum Gasteiger partial charge on any atom is -0.384 e. The van der Waals surface area contributed by atoms with Crippen LogP contribution < -0.4 is 10.6 Å². The summed E-state index contributed by atoms with van der Waals surface area (Å²) in [4.78, 5) is 6.87. The van der Waals surface area contributed by atoms with Crippen LogP contribution in [0.4, 0.5) is 5.82 Å². The van der Waals surface area contributed by atoms with Gasteiger partial charge >= 0.3 is 0 Å². The van der Waals surface area contributed by atoms with Crippen molar-refractivity contribution in [3.05, 3.63) is 23.4 Å². The molecule has 0 aromatic carbocycles. The van der Waals surface area contributed by atoms with E-state index in [9.17, 15) is 0 Å². The van der Waals surface area contributed by atoms with E-state index in [4.69, 9.17) is 15.9 Å². The Morgan fingerprint density at radius 2 is 2.25 bits per heavy atom. The number of anilines is 1. The number of hydrogen-bond acceptors (Lipinski definition) is 4. The number of aryl methyl sites for hydroxylation is 1. The van der Waals surface area contributed by atoms with Gasteiger partial charge in [-0.3, -0.25) is 5.41 Å². The number of nitrogen functional groups attached to an aromatic ring is 1. The molecule has 1 aromatic rings. The Morgan fingerprint density at radius 1 is 1.55 bits per heavy atom. The predicted octanol–water partition coefficient (Wildman–Crippen LogP) is 1.93. The van der Waals surface area contributed by atoms with Gasteiger partial charge in [0.2, 0.25) is 0 Å². The number of hydrogen-bond donors (Lipinski definition) is 2. The molecular formula is C15H24N4O. The van der Waals surface area contributed by atoms with Crippen LogP contribution >= 0.6 is 0 Å². The number of nitrogens with two attached hydrogens (primary N) is 1. The quantitative estimate of drug-likeness (QED) is 0.589. The molecule has 0 bridgehead atoms. The molecule has 1 unspecified atom stereocenters. The number of pyridine rings is 1. The summed E-state index contributed by atoms with van der Waals surface area (Å²) in [6.45, 7) is 5.60. The summed E-state index contributed by atoms with van der Waals surface area (Å²) in [5.41, 5.74) is 7.36. The summed E-state index contributed by atoms with van der Waals surface area (Å²) in [7, 11) is 1.70. The lowest BCUT2D eigenvalue weighted by atomic mass is 10.1. The monoisotopic (exact) mass is 276 g/mol. The van der Waals surface area contributed by atoms with Gasteiger partial charge in [-0.2, -0.15) is 0 Å². The molecule has 0 amide bonds. The van der Waals surface area contributed by atoms with Crippen LogP contribution in [0.2, 0.25) is 0 Å². The highest BCUT2D eigenvalue weighted by Crippen LogP contribution is 2.37. The van der Waals surface area contributed by atoms with Crippen molar-refractivity contribution in [3.63, 3.8) is 0 Å². The Labute approximate surface area is 120 Å². The Bertz CT molecular complexity index is 485. The summed E-state index contributed by atoms with van der Waals surface area (Å²) in [6, 6.07) is 4.19. The molecule has 1 aromatic heterocycles. The SMILES string of the molecule is COCCN(c1nc(C)ccc1C(=N)N)C(C)C1CC1. The summed E-state index contributed by atoms with van der Waals surface area (Å²) in [6.07, 6.45) is 2.54. The molecule has 3 N–H and O–H groups in total. The third kappa shape index (κ3) is 3.28. The van der Waals surface area contributed by atoms with Crippen molar-refractivity contribution in [2.45, 2.75) is 32.7 Å². The van der Waals surface area contributed by atoms with Crippen LogP contribution in [0, 0.1) is 18.3 Å². The van der Waals surface area contributed by atoms with Crippen LogP contribution in [-0.2, 0) is 4.74 Å². The molecule has 2 rings (SSSR count). The smallest absolute Gasteiger partial charge is 0.140 e. The minimum absolute atomic E-state index is 0.0675. The van der Waals surface area contributed by atoms with Gasteiger partial charge in [0.15, 0.2) is 0 Å². The lowest BCUT2D eigenvalue weighted by Crippen LogP contribution is -2.39. The molecule has 5 heteroatoms. The molecule has 20 heavy (non-hydrogen) atoms. The first-order chi connectivity index (χ1) is 9.54. The van der Waals surface area contributed by atoms with E-state index in [-0.39, 0.29) is 5.84 Å². The van der Waals surface area contributed by atoms with E-state index in [1.54, 1.807) is 7.11 Å². The zero-order valence-electron chi connectivity index (χ0n) is 12.5. The molecule has 0 radical (unpaired) electrons. The van der Waals surface area contributed by atoms with Gasteiger partial charge in [0.05, 0.1) is 12.2 Å². The Hall–Kier alpha value is -1.62. The zero-order valence-corrected chi connectivity index (χ0v) is 12.5. The molecule has 0 spiro atoms. The maximum Gasteiger partial charge on any atom is 0.140 e. The second-order valence-corrected chi connectivity index (χ2v) is 5.50. The van der Waals surface area contributed by atoms with Crippen LogP contribution in [-0.4, -0.2) is 37.1 Å². The maximum absolute atomic E-state index is 7.76.